The molecule has 0 aromatic rings. The van der Waals surface area contributed by atoms with Crippen molar-refractivity contribution in [2.75, 3.05) is 39.6 Å². The van der Waals surface area contributed by atoms with Crippen molar-refractivity contribution < 1.29 is 80.2 Å². The average Bonchev–Trinajstić information content (AvgIpc) is 3.56. The molecule has 0 heterocycles. The summed E-state index contributed by atoms with van der Waals surface area (Å²) in [6, 6.07) is 0. The molecule has 5 atom stereocenters. The van der Waals surface area contributed by atoms with Crippen LogP contribution in [-0.2, 0) is 65.4 Å². The number of hydrogen-bond acceptors (Lipinski definition) is 15. The molecule has 0 aliphatic carbocycles. The minimum atomic E-state index is -4.96. The number of phosphoric acid groups is 2. The lowest BCUT2D eigenvalue weighted by Gasteiger charge is -2.21. The Hall–Kier alpha value is -2.46. The Bertz CT molecular complexity index is 1800. The lowest BCUT2D eigenvalue weighted by molar-refractivity contribution is -0.161. The fraction of sp³-hybridized carbons (Fsp3) is 0.884. The summed E-state index contributed by atoms with van der Waals surface area (Å²) in [5.74, 6) is -1.47. The Morgan fingerprint density at radius 2 is 0.614 bits per heavy atom. The standard InChI is InChI=1S/C69H130O17P2/c1-6-9-12-15-17-19-21-23-25-26-27-29-31-33-35-39-44-49-54-68(73)86-65(59-80-67(72)53-48-43-38-34-32-30-28-24-22-20-18-16-13-10-7-2)61-84-88(77,78)82-57-63(70)56-81-87(75,76)83-60-64(58-79-66(71)52-47-41-14-11-8-3)85-69(74)55-50-45-40-36-37-42-46-51-62(4)5/h20,22,24,28,62-65,70H,6-19,21,23,25-27,29-61H2,1-5H3,(H,75,76)(H,77,78)/b22-20-,28-24-/t63-,64+,65+/m0/s1. The van der Waals surface area contributed by atoms with Gasteiger partial charge in [0.15, 0.2) is 12.2 Å². The maximum absolute atomic E-state index is 13.0. The third-order valence-electron chi connectivity index (χ3n) is 15.4. The van der Waals surface area contributed by atoms with Crippen molar-refractivity contribution in [1.82, 2.24) is 0 Å². The summed E-state index contributed by atoms with van der Waals surface area (Å²) in [6.45, 7) is 7.01. The van der Waals surface area contributed by atoms with E-state index in [0.29, 0.717) is 31.6 Å². The van der Waals surface area contributed by atoms with E-state index in [4.69, 9.17) is 37.0 Å². The Labute approximate surface area is 535 Å². The fourth-order valence-corrected chi connectivity index (χ4v) is 11.5. The molecule has 3 N–H and O–H groups in total. The van der Waals surface area contributed by atoms with Gasteiger partial charge in [-0.2, -0.15) is 0 Å². The summed E-state index contributed by atoms with van der Waals surface area (Å²) in [4.78, 5) is 72.1. The minimum Gasteiger partial charge on any atom is -0.462 e. The first kappa shape index (κ1) is 85.5. The van der Waals surface area contributed by atoms with E-state index in [1.807, 2.05) is 0 Å². The van der Waals surface area contributed by atoms with Gasteiger partial charge >= 0.3 is 39.5 Å². The van der Waals surface area contributed by atoms with Crippen LogP contribution >= 0.6 is 15.6 Å². The van der Waals surface area contributed by atoms with Gasteiger partial charge in [0.05, 0.1) is 26.4 Å². The van der Waals surface area contributed by atoms with Crippen LogP contribution in [0.4, 0.5) is 0 Å². The van der Waals surface area contributed by atoms with Crippen molar-refractivity contribution in [3.05, 3.63) is 24.3 Å². The zero-order valence-corrected chi connectivity index (χ0v) is 58.1. The van der Waals surface area contributed by atoms with Gasteiger partial charge < -0.3 is 33.8 Å². The lowest BCUT2D eigenvalue weighted by atomic mass is 10.0. The van der Waals surface area contributed by atoms with E-state index in [9.17, 15) is 43.2 Å². The van der Waals surface area contributed by atoms with Crippen LogP contribution < -0.4 is 0 Å². The van der Waals surface area contributed by atoms with Crippen molar-refractivity contribution >= 4 is 39.5 Å². The molecule has 0 saturated heterocycles. The first-order valence-corrected chi connectivity index (χ1v) is 38.4. The third kappa shape index (κ3) is 62.4. The minimum absolute atomic E-state index is 0.100. The Morgan fingerprint density at radius 3 is 0.932 bits per heavy atom. The molecule has 0 aliphatic heterocycles. The highest BCUT2D eigenvalue weighted by Gasteiger charge is 2.30. The van der Waals surface area contributed by atoms with E-state index < -0.39 is 97.5 Å². The number of rotatable bonds is 67. The van der Waals surface area contributed by atoms with Crippen LogP contribution in [-0.4, -0.2) is 96.7 Å². The van der Waals surface area contributed by atoms with Crippen molar-refractivity contribution in [2.24, 2.45) is 5.92 Å². The quantitative estimate of drug-likeness (QED) is 0.0169. The molecule has 19 heteroatoms. The average molecular weight is 1290 g/mol. The summed E-state index contributed by atoms with van der Waals surface area (Å²) in [6.07, 6.45) is 51.3. The van der Waals surface area contributed by atoms with Crippen molar-refractivity contribution in [3.8, 4) is 0 Å². The second-order valence-electron chi connectivity index (χ2n) is 24.7. The highest BCUT2D eigenvalue weighted by molar-refractivity contribution is 7.47. The molecule has 0 aliphatic rings. The zero-order chi connectivity index (χ0) is 64.9. The molecule has 0 aromatic heterocycles. The number of ether oxygens (including phenoxy) is 4. The molecule has 0 aromatic carbocycles. The van der Waals surface area contributed by atoms with Gasteiger partial charge in [0.1, 0.15) is 19.3 Å². The van der Waals surface area contributed by atoms with Gasteiger partial charge in [-0.1, -0.05) is 277 Å². The molecule has 88 heavy (non-hydrogen) atoms. The van der Waals surface area contributed by atoms with Gasteiger partial charge in [-0.15, -0.1) is 0 Å². The van der Waals surface area contributed by atoms with Crippen molar-refractivity contribution in [2.45, 2.75) is 348 Å². The number of unbranched alkanes of at least 4 members (excludes halogenated alkanes) is 36. The van der Waals surface area contributed by atoms with Crippen molar-refractivity contribution in [1.29, 1.82) is 0 Å². The van der Waals surface area contributed by atoms with Gasteiger partial charge in [-0.3, -0.25) is 37.3 Å². The molecular formula is C69H130O17P2. The monoisotopic (exact) mass is 1290 g/mol. The first-order chi connectivity index (χ1) is 42.5. The van der Waals surface area contributed by atoms with E-state index in [2.05, 4.69) is 58.9 Å². The normalized spacial score (nSPS) is 14.3. The van der Waals surface area contributed by atoms with E-state index >= 15 is 0 Å². The highest BCUT2D eigenvalue weighted by Crippen LogP contribution is 2.45. The molecule has 518 valence electrons. The number of phosphoric ester groups is 2. The molecule has 0 spiro atoms. The van der Waals surface area contributed by atoms with E-state index in [1.54, 1.807) is 0 Å². The Morgan fingerprint density at radius 1 is 0.352 bits per heavy atom. The largest absolute Gasteiger partial charge is 0.472 e. The lowest BCUT2D eigenvalue weighted by Crippen LogP contribution is -2.30. The summed E-state index contributed by atoms with van der Waals surface area (Å²) < 4.78 is 67.9. The van der Waals surface area contributed by atoms with Gasteiger partial charge in [0.2, 0.25) is 0 Å². The van der Waals surface area contributed by atoms with Crippen LogP contribution in [0.3, 0.4) is 0 Å². The topological polar surface area (TPSA) is 237 Å². The predicted molar refractivity (Wildman–Crippen MR) is 354 cm³/mol. The number of carbonyl (C=O) groups excluding carboxylic acids is 4. The third-order valence-corrected chi connectivity index (χ3v) is 17.3. The van der Waals surface area contributed by atoms with Crippen LogP contribution in [0.2, 0.25) is 0 Å². The van der Waals surface area contributed by atoms with E-state index in [0.717, 1.165) is 116 Å². The summed E-state index contributed by atoms with van der Waals surface area (Å²) >= 11 is 0. The number of esters is 4. The molecule has 17 nitrogen and oxygen atoms in total. The molecule has 0 saturated carbocycles. The van der Waals surface area contributed by atoms with Crippen LogP contribution in [0, 0.1) is 5.92 Å². The Kier molecular flexibility index (Phi) is 60.3. The summed E-state index contributed by atoms with van der Waals surface area (Å²) in [7, 11) is -9.90. The molecular weight excluding hydrogens is 1160 g/mol. The van der Waals surface area contributed by atoms with Gasteiger partial charge in [0.25, 0.3) is 0 Å². The van der Waals surface area contributed by atoms with Crippen LogP contribution in [0.15, 0.2) is 24.3 Å². The second-order valence-corrected chi connectivity index (χ2v) is 27.6. The first-order valence-electron chi connectivity index (χ1n) is 35.5. The molecule has 0 amide bonds. The smallest absolute Gasteiger partial charge is 0.462 e. The van der Waals surface area contributed by atoms with Gasteiger partial charge in [0, 0.05) is 25.7 Å². The number of hydrogen-bond donors (Lipinski definition) is 3. The predicted octanol–water partition coefficient (Wildman–Crippen LogP) is 19.3. The zero-order valence-electron chi connectivity index (χ0n) is 56.3. The van der Waals surface area contributed by atoms with E-state index in [-0.39, 0.29) is 25.7 Å². The van der Waals surface area contributed by atoms with Gasteiger partial charge in [-0.25, -0.2) is 9.13 Å². The number of aliphatic hydroxyl groups excluding tert-OH is 1. The molecule has 0 radical (unpaired) electrons. The summed E-state index contributed by atoms with van der Waals surface area (Å²) in [5, 5.41) is 10.5. The molecule has 0 fully saturated rings. The molecule has 0 rings (SSSR count). The maximum atomic E-state index is 13.0. The molecule has 2 unspecified atom stereocenters. The Balaban J connectivity index is 5.19. The van der Waals surface area contributed by atoms with Crippen LogP contribution in [0.25, 0.3) is 0 Å². The summed E-state index contributed by atoms with van der Waals surface area (Å²) in [5.41, 5.74) is 0. The highest BCUT2D eigenvalue weighted by atomic mass is 31.2. The van der Waals surface area contributed by atoms with E-state index in [1.165, 1.54) is 128 Å². The number of allylic oxidation sites excluding steroid dienone is 4. The number of carbonyl (C=O) groups is 4. The van der Waals surface area contributed by atoms with Crippen LogP contribution in [0.5, 0.6) is 0 Å². The fourth-order valence-electron chi connectivity index (χ4n) is 9.93. The van der Waals surface area contributed by atoms with Crippen molar-refractivity contribution in [3.63, 3.8) is 0 Å². The SMILES string of the molecule is CCCCCC/C=C\C=C/CCCCCCCC(=O)OC[C@H](COP(=O)(O)OC[C@@H](O)COP(=O)(O)OC[C@@H](COC(=O)CCCCCCC)OC(=O)CCCCCCCCCC(C)C)OC(=O)CCCCCCCCCCCCCCCCCCCC. The molecule has 0 bridgehead atoms. The maximum Gasteiger partial charge on any atom is 0.472 e. The number of aliphatic hydroxyl groups is 1. The second kappa shape index (κ2) is 62.0. The van der Waals surface area contributed by atoms with Crippen LogP contribution in [0.1, 0.15) is 330 Å². The van der Waals surface area contributed by atoms with Gasteiger partial charge in [-0.05, 0) is 57.3 Å².